The van der Waals surface area contributed by atoms with Crippen LogP contribution in [-0.4, -0.2) is 54.6 Å². The number of carbonyl (C=O) groups is 2. The van der Waals surface area contributed by atoms with Crippen LogP contribution in [0, 0.1) is 13.8 Å². The molecule has 2 aliphatic rings. The van der Waals surface area contributed by atoms with Crippen LogP contribution in [0.15, 0.2) is 47.5 Å². The molecule has 9 heteroatoms. The number of anilines is 2. The van der Waals surface area contributed by atoms with Crippen molar-refractivity contribution in [3.05, 3.63) is 59.2 Å². The van der Waals surface area contributed by atoms with Gasteiger partial charge in [0.2, 0.25) is 5.91 Å². The maximum Gasteiger partial charge on any atom is 0.234 e. The van der Waals surface area contributed by atoms with Crippen molar-refractivity contribution in [1.82, 2.24) is 0 Å². The Morgan fingerprint density at radius 3 is 2.69 bits per heavy atom. The van der Waals surface area contributed by atoms with E-state index < -0.39 is 9.84 Å². The molecule has 2 aromatic carbocycles. The predicted octanol–water partition coefficient (Wildman–Crippen LogP) is 3.22. The van der Waals surface area contributed by atoms with Gasteiger partial charge in [0.15, 0.2) is 20.8 Å². The first-order chi connectivity index (χ1) is 15.1. The third kappa shape index (κ3) is 4.73. The lowest BCUT2D eigenvalue weighted by Crippen LogP contribution is -2.39. The minimum atomic E-state index is -3.18. The molecule has 7 nitrogen and oxygen atoms in total. The summed E-state index contributed by atoms with van der Waals surface area (Å²) in [5, 5.41) is 3.55. The van der Waals surface area contributed by atoms with Gasteiger partial charge in [-0.15, -0.1) is 0 Å². The molecule has 1 saturated heterocycles. The lowest BCUT2D eigenvalue weighted by Gasteiger charge is -2.26. The molecule has 0 saturated carbocycles. The zero-order chi connectivity index (χ0) is 23.0. The van der Waals surface area contributed by atoms with Crippen molar-refractivity contribution < 1.29 is 18.0 Å². The Morgan fingerprint density at radius 2 is 1.94 bits per heavy atom. The van der Waals surface area contributed by atoms with E-state index in [2.05, 4.69) is 10.3 Å². The summed E-state index contributed by atoms with van der Waals surface area (Å²) >= 11 is 1.28. The Hall–Kier alpha value is -2.65. The molecule has 4 rings (SSSR count). The van der Waals surface area contributed by atoms with Crippen molar-refractivity contribution in [2.75, 3.05) is 27.5 Å². The molecule has 168 valence electrons. The van der Waals surface area contributed by atoms with Crippen LogP contribution in [0.2, 0.25) is 0 Å². The van der Waals surface area contributed by atoms with Gasteiger partial charge in [-0.2, -0.15) is 0 Å². The number of amidine groups is 1. The summed E-state index contributed by atoms with van der Waals surface area (Å²) < 4.78 is 24.4. The van der Waals surface area contributed by atoms with Crippen molar-refractivity contribution in [2.45, 2.75) is 32.9 Å². The van der Waals surface area contributed by atoms with Crippen molar-refractivity contribution in [1.29, 1.82) is 0 Å². The van der Waals surface area contributed by atoms with Gasteiger partial charge in [0.1, 0.15) is 0 Å². The fourth-order valence-electron chi connectivity index (χ4n) is 4.00. The van der Waals surface area contributed by atoms with E-state index in [0.29, 0.717) is 16.4 Å². The number of ketones is 1. The average molecular weight is 472 g/mol. The van der Waals surface area contributed by atoms with Crippen LogP contribution in [0.3, 0.4) is 0 Å². The van der Waals surface area contributed by atoms with E-state index in [1.165, 1.54) is 18.7 Å². The third-order valence-electron chi connectivity index (χ3n) is 5.64. The molecule has 2 heterocycles. The first kappa shape index (κ1) is 22.5. The van der Waals surface area contributed by atoms with Crippen LogP contribution in [0.1, 0.15) is 28.4 Å². The van der Waals surface area contributed by atoms with E-state index in [1.54, 1.807) is 18.2 Å². The highest BCUT2D eigenvalue weighted by atomic mass is 32.2. The zero-order valence-corrected chi connectivity index (χ0v) is 19.8. The number of nitrogens with zero attached hydrogens (tertiary/aromatic N) is 2. The Kier molecular flexibility index (Phi) is 6.13. The molecule has 1 fully saturated rings. The molecule has 2 unspecified atom stereocenters. The quantitative estimate of drug-likeness (QED) is 0.673. The lowest BCUT2D eigenvalue weighted by atomic mass is 10.1. The Bertz CT molecular complexity index is 1220. The van der Waals surface area contributed by atoms with E-state index in [4.69, 9.17) is 0 Å². The van der Waals surface area contributed by atoms with Gasteiger partial charge in [-0.3, -0.25) is 14.6 Å². The monoisotopic (exact) mass is 471 g/mol. The topological polar surface area (TPSA) is 95.9 Å². The number of hydrogen-bond acceptors (Lipinski definition) is 7. The summed E-state index contributed by atoms with van der Waals surface area (Å²) in [5.41, 5.74) is 4.07. The van der Waals surface area contributed by atoms with E-state index in [9.17, 15) is 18.0 Å². The van der Waals surface area contributed by atoms with Gasteiger partial charge >= 0.3 is 0 Å². The van der Waals surface area contributed by atoms with E-state index in [0.717, 1.165) is 16.8 Å². The fourth-order valence-corrected chi connectivity index (χ4v) is 6.76. The highest BCUT2D eigenvalue weighted by molar-refractivity contribution is 8.14. The third-order valence-corrected chi connectivity index (χ3v) is 8.30. The second kappa shape index (κ2) is 8.71. The fraction of sp³-hybridized carbons (Fsp3) is 0.348. The van der Waals surface area contributed by atoms with Gasteiger partial charge in [0.05, 0.1) is 29.3 Å². The van der Waals surface area contributed by atoms with E-state index in [-0.39, 0.29) is 41.0 Å². The number of rotatable bonds is 5. The van der Waals surface area contributed by atoms with Crippen molar-refractivity contribution in [3.63, 3.8) is 0 Å². The largest absolute Gasteiger partial charge is 0.325 e. The number of carbonyl (C=O) groups excluding carboxylic acids is 2. The molecule has 2 atom stereocenters. The average Bonchev–Trinajstić information content (AvgIpc) is 3.20. The van der Waals surface area contributed by atoms with Crippen LogP contribution in [0.5, 0.6) is 0 Å². The minimum absolute atomic E-state index is 0.000685. The van der Waals surface area contributed by atoms with Crippen LogP contribution < -0.4 is 10.2 Å². The summed E-state index contributed by atoms with van der Waals surface area (Å²) in [5.74, 6) is -0.0839. The summed E-state index contributed by atoms with van der Waals surface area (Å²) in [6.07, 6.45) is 0. The van der Waals surface area contributed by atoms with Crippen LogP contribution in [0.25, 0.3) is 0 Å². The number of benzene rings is 2. The minimum Gasteiger partial charge on any atom is -0.325 e. The van der Waals surface area contributed by atoms with Gasteiger partial charge in [0.25, 0.3) is 0 Å². The number of aryl methyl sites for hydroxylation is 2. The standard InChI is InChI=1S/C23H25N3O4S2/c1-14-7-8-15(2)19(9-14)24-22(28)11-31-23-25-20-12-32(29,30)13-21(20)26(23)18-6-4-5-17(10-18)16(3)27/h4-10,20-21H,11-13H2,1-3H3,(H,24,28). The van der Waals surface area contributed by atoms with Crippen molar-refractivity contribution in [3.8, 4) is 0 Å². The van der Waals surface area contributed by atoms with Crippen LogP contribution >= 0.6 is 11.8 Å². The van der Waals surface area contributed by atoms with Crippen LogP contribution in [0.4, 0.5) is 11.4 Å². The van der Waals surface area contributed by atoms with Gasteiger partial charge in [-0.05, 0) is 50.1 Å². The smallest absolute Gasteiger partial charge is 0.234 e. The number of sulfone groups is 1. The zero-order valence-electron chi connectivity index (χ0n) is 18.2. The maximum atomic E-state index is 12.6. The first-order valence-electron chi connectivity index (χ1n) is 10.3. The molecular formula is C23H25N3O4S2. The summed E-state index contributed by atoms with van der Waals surface area (Å²) in [4.78, 5) is 31.0. The lowest BCUT2D eigenvalue weighted by molar-refractivity contribution is -0.113. The number of Topliss-reactive ketones (excluding diaryl/α,β-unsaturated/α-hetero) is 1. The second-order valence-electron chi connectivity index (χ2n) is 8.26. The second-order valence-corrected chi connectivity index (χ2v) is 11.4. The molecule has 0 aromatic heterocycles. The number of aliphatic imine (C=N–C) groups is 1. The SMILES string of the molecule is CC(=O)c1cccc(N2C(SCC(=O)Nc3cc(C)ccc3C)=NC3CS(=O)(=O)CC32)c1. The van der Waals surface area contributed by atoms with Crippen molar-refractivity contribution in [2.24, 2.45) is 4.99 Å². The van der Waals surface area contributed by atoms with Gasteiger partial charge in [-0.1, -0.05) is 36.0 Å². The van der Waals surface area contributed by atoms with Gasteiger partial charge in [0, 0.05) is 16.9 Å². The van der Waals surface area contributed by atoms with Gasteiger partial charge < -0.3 is 10.2 Å². The number of fused-ring (bicyclic) bond motifs is 1. The molecule has 2 aromatic rings. The molecule has 0 radical (unpaired) electrons. The molecular weight excluding hydrogens is 446 g/mol. The highest BCUT2D eigenvalue weighted by Crippen LogP contribution is 2.35. The maximum absolute atomic E-state index is 12.6. The number of nitrogens with one attached hydrogen (secondary N) is 1. The number of hydrogen-bond donors (Lipinski definition) is 1. The molecule has 0 bridgehead atoms. The van der Waals surface area contributed by atoms with E-state index >= 15 is 0 Å². The Morgan fingerprint density at radius 1 is 1.16 bits per heavy atom. The molecule has 0 spiro atoms. The Balaban J connectivity index is 1.54. The number of amides is 1. The molecule has 2 aliphatic heterocycles. The molecule has 1 amide bonds. The highest BCUT2D eigenvalue weighted by Gasteiger charge is 2.47. The van der Waals surface area contributed by atoms with Crippen LogP contribution in [-0.2, 0) is 14.6 Å². The predicted molar refractivity (Wildman–Crippen MR) is 130 cm³/mol. The summed E-state index contributed by atoms with van der Waals surface area (Å²) in [7, 11) is -3.18. The normalized spacial score (nSPS) is 21.2. The number of thioether (sulfide) groups is 1. The summed E-state index contributed by atoms with van der Waals surface area (Å²) in [6, 6.07) is 12.3. The van der Waals surface area contributed by atoms with Crippen molar-refractivity contribution >= 4 is 49.8 Å². The molecule has 0 aliphatic carbocycles. The van der Waals surface area contributed by atoms with E-state index in [1.807, 2.05) is 43.0 Å². The Labute approximate surface area is 192 Å². The summed E-state index contributed by atoms with van der Waals surface area (Å²) in [6.45, 7) is 5.40. The van der Waals surface area contributed by atoms with Gasteiger partial charge in [-0.25, -0.2) is 8.42 Å². The first-order valence-corrected chi connectivity index (χ1v) is 13.1. The molecule has 32 heavy (non-hydrogen) atoms. The molecule has 1 N–H and O–H groups in total.